The summed E-state index contributed by atoms with van der Waals surface area (Å²) in [5.74, 6) is 2.03. The number of carbonyl (C=O) groups excluding carboxylic acids is 1. The first-order valence-electron chi connectivity index (χ1n) is 11.3. The lowest BCUT2D eigenvalue weighted by Crippen LogP contribution is -2.04. The lowest BCUT2D eigenvalue weighted by atomic mass is 10.1. The minimum Gasteiger partial charge on any atom is -0.494 e. The second-order valence-electron chi connectivity index (χ2n) is 7.92. The molecule has 2 N–H and O–H groups in total. The number of esters is 1. The van der Waals surface area contributed by atoms with Crippen molar-refractivity contribution in [1.29, 1.82) is 0 Å². The number of hydrogen-bond donors (Lipinski definition) is 2. The maximum absolute atomic E-state index is 11.7. The molecule has 3 aromatic carbocycles. The first-order chi connectivity index (χ1) is 17.4. The predicted molar refractivity (Wildman–Crippen MR) is 144 cm³/mol. The predicted octanol–water partition coefficient (Wildman–Crippen LogP) is 7.16. The zero-order chi connectivity index (χ0) is 25.7. The quantitative estimate of drug-likeness (QED) is 0.167. The van der Waals surface area contributed by atoms with Crippen molar-refractivity contribution < 1.29 is 23.7 Å². The first-order valence-corrected chi connectivity index (χ1v) is 12.5. The van der Waals surface area contributed by atoms with Crippen molar-refractivity contribution in [3.63, 3.8) is 0 Å². The second-order valence-corrected chi connectivity index (χ2v) is 9.18. The second kappa shape index (κ2) is 11.5. The van der Waals surface area contributed by atoms with Crippen molar-refractivity contribution >= 4 is 46.1 Å². The molecular weight excluding hydrogens is 500 g/mol. The van der Waals surface area contributed by atoms with Gasteiger partial charge in [-0.25, -0.2) is 0 Å². The summed E-state index contributed by atoms with van der Waals surface area (Å²) in [5, 5.41) is 1.56. The molecule has 0 spiro atoms. The van der Waals surface area contributed by atoms with E-state index in [2.05, 4.69) is 15.8 Å². The van der Waals surface area contributed by atoms with Gasteiger partial charge in [-0.15, -0.1) is 0 Å². The molecule has 0 unspecified atom stereocenters. The van der Waals surface area contributed by atoms with E-state index in [-0.39, 0.29) is 12.4 Å². The van der Waals surface area contributed by atoms with Crippen LogP contribution in [0, 0.1) is 6.92 Å². The summed E-state index contributed by atoms with van der Waals surface area (Å²) in [7, 11) is 2.93. The van der Waals surface area contributed by atoms with Crippen LogP contribution in [-0.4, -0.2) is 31.8 Å². The zero-order valence-electron chi connectivity index (χ0n) is 20.4. The van der Waals surface area contributed by atoms with E-state index >= 15 is 0 Å². The van der Waals surface area contributed by atoms with E-state index in [1.54, 1.807) is 25.3 Å². The van der Waals surface area contributed by atoms with E-state index in [1.807, 2.05) is 44.2 Å². The highest BCUT2D eigenvalue weighted by atomic mass is 35.5. The number of anilines is 1. The molecule has 0 atom stereocenters. The third-order valence-electron chi connectivity index (χ3n) is 5.40. The van der Waals surface area contributed by atoms with Gasteiger partial charge in [0.1, 0.15) is 5.75 Å². The van der Waals surface area contributed by atoms with Gasteiger partial charge in [0.15, 0.2) is 17.2 Å². The summed E-state index contributed by atoms with van der Waals surface area (Å²) >= 11 is 7.88. The van der Waals surface area contributed by atoms with Crippen molar-refractivity contribution in [3.05, 3.63) is 70.9 Å². The molecule has 0 aliphatic heterocycles. The average molecular weight is 527 g/mol. The molecule has 0 fully saturated rings. The normalized spacial score (nSPS) is 10.8. The Morgan fingerprint density at radius 2 is 1.83 bits per heavy atom. The lowest BCUT2D eigenvalue weighted by Gasteiger charge is -2.16. The number of halogens is 1. The Hall–Kier alpha value is -3.49. The maximum atomic E-state index is 11.7. The van der Waals surface area contributed by atoms with E-state index in [9.17, 15) is 4.79 Å². The highest BCUT2D eigenvalue weighted by Crippen LogP contribution is 2.42. The van der Waals surface area contributed by atoms with Crippen molar-refractivity contribution in [2.45, 2.75) is 25.2 Å². The number of carbonyl (C=O) groups is 1. The molecule has 0 saturated heterocycles. The van der Waals surface area contributed by atoms with Crippen LogP contribution in [0.2, 0.25) is 5.02 Å². The third kappa shape index (κ3) is 5.83. The maximum Gasteiger partial charge on any atom is 0.309 e. The van der Waals surface area contributed by atoms with Gasteiger partial charge in [-0.05, 0) is 79.9 Å². The molecule has 1 aromatic heterocycles. The van der Waals surface area contributed by atoms with Crippen molar-refractivity contribution in [2.24, 2.45) is 0 Å². The smallest absolute Gasteiger partial charge is 0.309 e. The Balaban J connectivity index is 1.65. The van der Waals surface area contributed by atoms with Crippen LogP contribution in [0.3, 0.4) is 0 Å². The standard InChI is InChI=1S/C27H27ClN2O5S/c1-5-34-18-7-11-25(20(28)15-18)36-30-27-19-12-16(2)29-21(19)8-10-23(27)35-22-9-6-17(13-24(22)32-3)14-26(31)33-4/h6-13,15,29-30H,5,14H2,1-4H3. The zero-order valence-corrected chi connectivity index (χ0v) is 22.0. The molecule has 4 aromatic rings. The molecule has 0 bridgehead atoms. The van der Waals surface area contributed by atoms with Crippen LogP contribution in [0.25, 0.3) is 10.9 Å². The molecule has 0 aliphatic rings. The third-order valence-corrected chi connectivity index (χ3v) is 6.71. The summed E-state index contributed by atoms with van der Waals surface area (Å²) in [6.45, 7) is 4.51. The van der Waals surface area contributed by atoms with Gasteiger partial charge < -0.3 is 28.7 Å². The van der Waals surface area contributed by atoms with Gasteiger partial charge >= 0.3 is 5.97 Å². The summed E-state index contributed by atoms with van der Waals surface area (Å²) < 4.78 is 25.6. The lowest BCUT2D eigenvalue weighted by molar-refractivity contribution is -0.139. The number of H-pyrrole nitrogens is 1. The van der Waals surface area contributed by atoms with Gasteiger partial charge in [0.05, 0.1) is 38.0 Å². The van der Waals surface area contributed by atoms with E-state index in [0.717, 1.165) is 38.5 Å². The number of aromatic amines is 1. The van der Waals surface area contributed by atoms with Gasteiger partial charge in [-0.2, -0.15) is 0 Å². The largest absolute Gasteiger partial charge is 0.494 e. The highest BCUT2D eigenvalue weighted by Gasteiger charge is 2.16. The SMILES string of the molecule is CCOc1ccc(SNc2c(Oc3ccc(CC(=O)OC)cc3OC)ccc3[nH]c(C)cc23)c(Cl)c1. The fraction of sp³-hybridized carbons (Fsp3) is 0.222. The molecule has 0 radical (unpaired) electrons. The first kappa shape index (κ1) is 25.6. The van der Waals surface area contributed by atoms with Gasteiger partial charge in [-0.3, -0.25) is 4.79 Å². The van der Waals surface area contributed by atoms with Crippen LogP contribution in [-0.2, 0) is 16.0 Å². The van der Waals surface area contributed by atoms with Crippen LogP contribution in [0.4, 0.5) is 5.69 Å². The number of aromatic nitrogens is 1. The summed E-state index contributed by atoms with van der Waals surface area (Å²) in [5.41, 5.74) is 3.55. The van der Waals surface area contributed by atoms with Crippen LogP contribution < -0.4 is 18.9 Å². The Morgan fingerprint density at radius 1 is 1.03 bits per heavy atom. The average Bonchev–Trinajstić information content (AvgIpc) is 3.25. The number of aryl methyl sites for hydroxylation is 1. The molecule has 9 heteroatoms. The molecule has 7 nitrogen and oxygen atoms in total. The number of methoxy groups -OCH3 is 2. The fourth-order valence-electron chi connectivity index (χ4n) is 3.70. The van der Waals surface area contributed by atoms with Crippen LogP contribution in [0.1, 0.15) is 18.2 Å². The highest BCUT2D eigenvalue weighted by molar-refractivity contribution is 8.00. The minimum absolute atomic E-state index is 0.147. The summed E-state index contributed by atoms with van der Waals surface area (Å²) in [6, 6.07) is 16.9. The Morgan fingerprint density at radius 3 is 2.56 bits per heavy atom. The van der Waals surface area contributed by atoms with Gasteiger partial charge in [0.2, 0.25) is 0 Å². The van der Waals surface area contributed by atoms with E-state index in [0.29, 0.717) is 28.9 Å². The van der Waals surface area contributed by atoms with Crippen LogP contribution in [0.15, 0.2) is 59.5 Å². The number of benzene rings is 3. The van der Waals surface area contributed by atoms with E-state index < -0.39 is 0 Å². The van der Waals surface area contributed by atoms with Crippen molar-refractivity contribution in [3.8, 4) is 23.0 Å². The Labute approximate surface area is 219 Å². The topological polar surface area (TPSA) is 81.8 Å². The van der Waals surface area contributed by atoms with Crippen LogP contribution >= 0.6 is 23.5 Å². The Bertz CT molecular complexity index is 1390. The number of fused-ring (bicyclic) bond motifs is 1. The molecule has 188 valence electrons. The minimum atomic E-state index is -0.324. The van der Waals surface area contributed by atoms with Crippen molar-refractivity contribution in [2.75, 3.05) is 25.5 Å². The number of nitrogens with one attached hydrogen (secondary N) is 2. The van der Waals surface area contributed by atoms with Gasteiger partial charge in [-0.1, -0.05) is 17.7 Å². The summed E-state index contributed by atoms with van der Waals surface area (Å²) in [6.07, 6.45) is 0.147. The van der Waals surface area contributed by atoms with Gasteiger partial charge in [0.25, 0.3) is 0 Å². The van der Waals surface area contributed by atoms with E-state index in [1.165, 1.54) is 19.1 Å². The molecule has 0 aliphatic carbocycles. The molecule has 36 heavy (non-hydrogen) atoms. The van der Waals surface area contributed by atoms with Crippen molar-refractivity contribution in [1.82, 2.24) is 4.98 Å². The molecular formula is C27H27ClN2O5S. The van der Waals surface area contributed by atoms with Crippen LogP contribution in [0.5, 0.6) is 23.0 Å². The molecule has 4 rings (SSSR count). The fourth-order valence-corrected chi connectivity index (χ4v) is 4.71. The number of rotatable bonds is 10. The molecule has 0 amide bonds. The number of hydrogen-bond acceptors (Lipinski definition) is 7. The number of ether oxygens (including phenoxy) is 4. The van der Waals surface area contributed by atoms with E-state index in [4.69, 9.17) is 30.5 Å². The Kier molecular flexibility index (Phi) is 8.18. The molecule has 1 heterocycles. The summed E-state index contributed by atoms with van der Waals surface area (Å²) in [4.78, 5) is 15.9. The monoisotopic (exact) mass is 526 g/mol. The van der Waals surface area contributed by atoms with Gasteiger partial charge in [0, 0.05) is 21.5 Å². The molecule has 0 saturated carbocycles.